The third kappa shape index (κ3) is 2.70. The number of amides is 1. The van der Waals surface area contributed by atoms with Crippen molar-refractivity contribution in [3.8, 4) is 0 Å². The van der Waals surface area contributed by atoms with Crippen LogP contribution in [-0.4, -0.2) is 40.8 Å². The van der Waals surface area contributed by atoms with E-state index in [0.717, 1.165) is 19.3 Å². The smallest absolute Gasteiger partial charge is 0.307 e. The van der Waals surface area contributed by atoms with Crippen LogP contribution in [0.15, 0.2) is 0 Å². The quantitative estimate of drug-likeness (QED) is 0.594. The van der Waals surface area contributed by atoms with Crippen LogP contribution < -0.4 is 0 Å². The Balaban J connectivity index is 2.08. The summed E-state index contributed by atoms with van der Waals surface area (Å²) in [5.74, 6) is -0.320. The molecule has 4 nitrogen and oxygen atoms in total. The Morgan fingerprint density at radius 1 is 1.37 bits per heavy atom. The lowest BCUT2D eigenvalue weighted by Gasteiger charge is -2.37. The molecule has 1 saturated heterocycles. The molecule has 0 spiro atoms. The Bertz CT molecular complexity index is 399. The van der Waals surface area contributed by atoms with Crippen LogP contribution in [0.5, 0.6) is 0 Å². The Labute approximate surface area is 123 Å². The zero-order valence-corrected chi connectivity index (χ0v) is 12.8. The van der Waals surface area contributed by atoms with Gasteiger partial charge in [-0.2, -0.15) is 0 Å². The fourth-order valence-electron chi connectivity index (χ4n) is 2.70. The van der Waals surface area contributed by atoms with Crippen molar-refractivity contribution in [3.05, 3.63) is 0 Å². The molecule has 0 aromatic rings. The van der Waals surface area contributed by atoms with E-state index < -0.39 is 9.75 Å². The zero-order chi connectivity index (χ0) is 14.3. The molecule has 0 bridgehead atoms. The maximum atomic E-state index is 12.6. The number of carbonyl (C=O) groups excluding carboxylic acids is 2. The first-order valence-corrected chi connectivity index (χ1v) is 7.33. The first-order chi connectivity index (χ1) is 8.82. The van der Waals surface area contributed by atoms with E-state index in [0.29, 0.717) is 13.0 Å². The van der Waals surface area contributed by atoms with Crippen molar-refractivity contribution in [3.63, 3.8) is 0 Å². The fourth-order valence-corrected chi connectivity index (χ4v) is 3.40. The highest BCUT2D eigenvalue weighted by Gasteiger charge is 2.69. The molecule has 1 aliphatic carbocycles. The average molecular weight is 308 g/mol. The maximum Gasteiger partial charge on any atom is 0.307 e. The standard InChI is InChI=1S/C13H19Cl2NO3/c1-12(8-13(12,14)15)11(18)16-6-4-3-5-9(16)7-10(17)19-2/h9H,3-8H2,1-2H3. The fraction of sp³-hybridized carbons (Fsp3) is 0.846. The molecular formula is C13H19Cl2NO3. The molecule has 2 fully saturated rings. The normalized spacial score (nSPS) is 32.8. The molecule has 2 rings (SSSR count). The van der Waals surface area contributed by atoms with E-state index in [9.17, 15) is 9.59 Å². The average Bonchev–Trinajstić information content (AvgIpc) is 2.89. The number of likely N-dealkylation sites (tertiary alicyclic amines) is 1. The minimum absolute atomic E-state index is 0.0360. The number of ether oxygens (including phenoxy) is 1. The van der Waals surface area contributed by atoms with E-state index in [4.69, 9.17) is 27.9 Å². The van der Waals surface area contributed by atoms with Gasteiger partial charge in [0.25, 0.3) is 0 Å². The van der Waals surface area contributed by atoms with Crippen LogP contribution in [0.3, 0.4) is 0 Å². The first-order valence-electron chi connectivity index (χ1n) is 6.57. The van der Waals surface area contributed by atoms with Gasteiger partial charge in [0, 0.05) is 12.6 Å². The van der Waals surface area contributed by atoms with Crippen LogP contribution in [0.2, 0.25) is 0 Å². The maximum absolute atomic E-state index is 12.6. The number of hydrogen-bond acceptors (Lipinski definition) is 3. The van der Waals surface area contributed by atoms with Crippen LogP contribution in [0.1, 0.15) is 39.0 Å². The summed E-state index contributed by atoms with van der Waals surface area (Å²) in [6, 6.07) is -0.0877. The summed E-state index contributed by atoms with van der Waals surface area (Å²) in [4.78, 5) is 25.8. The molecular weight excluding hydrogens is 289 g/mol. The Kier molecular flexibility index (Phi) is 4.03. The van der Waals surface area contributed by atoms with E-state index in [1.807, 2.05) is 0 Å². The molecule has 1 saturated carbocycles. The first kappa shape index (κ1) is 14.9. The van der Waals surface area contributed by atoms with Gasteiger partial charge in [0.05, 0.1) is 18.9 Å². The van der Waals surface area contributed by atoms with E-state index in [1.54, 1.807) is 11.8 Å². The number of hydrogen-bond donors (Lipinski definition) is 0. The number of nitrogens with zero attached hydrogens (tertiary/aromatic N) is 1. The lowest BCUT2D eigenvalue weighted by molar-refractivity contribution is -0.146. The van der Waals surface area contributed by atoms with Crippen LogP contribution in [-0.2, 0) is 14.3 Å². The number of methoxy groups -OCH3 is 1. The number of halogens is 2. The highest BCUT2D eigenvalue weighted by atomic mass is 35.5. The Hall–Kier alpha value is -0.480. The lowest BCUT2D eigenvalue weighted by Crippen LogP contribution is -2.48. The summed E-state index contributed by atoms with van der Waals surface area (Å²) in [6.45, 7) is 2.46. The number of alkyl halides is 2. The van der Waals surface area contributed by atoms with Gasteiger partial charge in [-0.15, -0.1) is 23.2 Å². The van der Waals surface area contributed by atoms with Gasteiger partial charge in [0.1, 0.15) is 4.33 Å². The molecule has 1 amide bonds. The highest BCUT2D eigenvalue weighted by molar-refractivity contribution is 6.53. The summed E-state index contributed by atoms with van der Waals surface area (Å²) in [6.07, 6.45) is 3.53. The van der Waals surface area contributed by atoms with Crippen molar-refractivity contribution >= 4 is 35.1 Å². The molecule has 0 N–H and O–H groups in total. The van der Waals surface area contributed by atoms with Gasteiger partial charge in [0.2, 0.25) is 5.91 Å². The molecule has 1 aliphatic heterocycles. The summed E-state index contributed by atoms with van der Waals surface area (Å²) >= 11 is 12.1. The van der Waals surface area contributed by atoms with Crippen molar-refractivity contribution in [2.75, 3.05) is 13.7 Å². The molecule has 19 heavy (non-hydrogen) atoms. The van der Waals surface area contributed by atoms with Gasteiger partial charge in [-0.3, -0.25) is 9.59 Å². The molecule has 0 aromatic heterocycles. The van der Waals surface area contributed by atoms with Crippen molar-refractivity contribution < 1.29 is 14.3 Å². The van der Waals surface area contributed by atoms with Gasteiger partial charge < -0.3 is 9.64 Å². The summed E-state index contributed by atoms with van der Waals surface area (Å²) in [7, 11) is 1.36. The van der Waals surface area contributed by atoms with Crippen molar-refractivity contribution in [2.24, 2.45) is 5.41 Å². The number of piperidine rings is 1. The number of esters is 1. The van der Waals surface area contributed by atoms with E-state index in [-0.39, 0.29) is 24.3 Å². The van der Waals surface area contributed by atoms with Crippen LogP contribution in [0.4, 0.5) is 0 Å². The minimum Gasteiger partial charge on any atom is -0.469 e. The SMILES string of the molecule is COC(=O)CC1CCCCN1C(=O)C1(C)CC1(Cl)Cl. The van der Waals surface area contributed by atoms with E-state index in [1.165, 1.54) is 7.11 Å². The molecule has 6 heteroatoms. The Morgan fingerprint density at radius 3 is 2.53 bits per heavy atom. The largest absolute Gasteiger partial charge is 0.469 e. The second-order valence-electron chi connectivity index (χ2n) is 5.64. The van der Waals surface area contributed by atoms with E-state index >= 15 is 0 Å². The second kappa shape index (κ2) is 5.13. The lowest BCUT2D eigenvalue weighted by atomic mass is 9.96. The molecule has 2 unspecified atom stereocenters. The van der Waals surface area contributed by atoms with Crippen LogP contribution >= 0.6 is 23.2 Å². The molecule has 2 aliphatic rings. The van der Waals surface area contributed by atoms with Gasteiger partial charge in [0.15, 0.2) is 0 Å². The van der Waals surface area contributed by atoms with Gasteiger partial charge in [-0.05, 0) is 32.6 Å². The number of rotatable bonds is 3. The third-order valence-corrected chi connectivity index (χ3v) is 5.35. The van der Waals surface area contributed by atoms with Crippen molar-refractivity contribution in [1.82, 2.24) is 4.90 Å². The summed E-state index contributed by atoms with van der Waals surface area (Å²) in [5.41, 5.74) is -0.707. The zero-order valence-electron chi connectivity index (χ0n) is 11.2. The van der Waals surface area contributed by atoms with Crippen molar-refractivity contribution in [2.45, 2.75) is 49.4 Å². The van der Waals surface area contributed by atoms with E-state index in [2.05, 4.69) is 0 Å². The van der Waals surface area contributed by atoms with Gasteiger partial charge in [-0.1, -0.05) is 0 Å². The Morgan fingerprint density at radius 2 is 2.00 bits per heavy atom. The molecule has 2 atom stereocenters. The summed E-state index contributed by atoms with van der Waals surface area (Å²) < 4.78 is 3.73. The molecule has 0 aromatic carbocycles. The second-order valence-corrected chi connectivity index (χ2v) is 7.13. The van der Waals surface area contributed by atoms with Gasteiger partial charge in [-0.25, -0.2) is 0 Å². The predicted molar refractivity (Wildman–Crippen MR) is 73.1 cm³/mol. The monoisotopic (exact) mass is 307 g/mol. The molecule has 1 heterocycles. The molecule has 108 valence electrons. The van der Waals surface area contributed by atoms with Crippen LogP contribution in [0.25, 0.3) is 0 Å². The third-order valence-electron chi connectivity index (χ3n) is 4.25. The predicted octanol–water partition coefficient (Wildman–Crippen LogP) is 2.51. The van der Waals surface area contributed by atoms with Gasteiger partial charge >= 0.3 is 5.97 Å². The van der Waals surface area contributed by atoms with Crippen LogP contribution in [0, 0.1) is 5.41 Å². The topological polar surface area (TPSA) is 46.6 Å². The highest BCUT2D eigenvalue weighted by Crippen LogP contribution is 2.64. The minimum atomic E-state index is -0.961. The van der Waals surface area contributed by atoms with Crippen molar-refractivity contribution in [1.29, 1.82) is 0 Å². The summed E-state index contributed by atoms with van der Waals surface area (Å²) in [5, 5.41) is 0. The molecule has 0 radical (unpaired) electrons. The number of carbonyl (C=O) groups is 2.